The van der Waals surface area contributed by atoms with E-state index in [0.29, 0.717) is 0 Å². The van der Waals surface area contributed by atoms with Crippen LogP contribution >= 0.6 is 0 Å². The molecule has 4 fully saturated rings. The molecule has 0 aliphatic carbocycles. The van der Waals surface area contributed by atoms with Crippen LogP contribution in [0.25, 0.3) is 0 Å². The molecule has 10 N–H and O–H groups in total. The van der Waals surface area contributed by atoms with Gasteiger partial charge in [-0.15, -0.1) is 0 Å². The van der Waals surface area contributed by atoms with Gasteiger partial charge >= 0.3 is 0 Å². The van der Waals surface area contributed by atoms with Crippen LogP contribution in [-0.4, -0.2) is 176 Å². The normalized spacial score (nSPS) is 53.7. The topological polar surface area (TPSA) is 267 Å². The van der Waals surface area contributed by atoms with Crippen molar-refractivity contribution in [3.05, 3.63) is 0 Å². The van der Waals surface area contributed by atoms with E-state index < -0.39 is 98.4 Å². The van der Waals surface area contributed by atoms with E-state index in [1.165, 1.54) is 0 Å². The highest BCUT2D eigenvalue weighted by Gasteiger charge is 2.49. The predicted octanol–water partition coefficient (Wildman–Crippen LogP) is -7.19. The second-order valence-corrected chi connectivity index (χ2v) is 9.34. The minimum absolute atomic E-state index is 0.326. The molecule has 4 heterocycles. The van der Waals surface area contributed by atoms with Crippen molar-refractivity contribution in [1.82, 2.24) is 0 Å². The quantitative estimate of drug-likeness (QED) is 0.148. The summed E-state index contributed by atoms with van der Waals surface area (Å²) in [5.74, 6) is 0. The van der Waals surface area contributed by atoms with Gasteiger partial charge in [0.2, 0.25) is 0 Å². The van der Waals surface area contributed by atoms with E-state index in [-0.39, 0.29) is 26.4 Å². The molecule has 0 bridgehead atoms. The van der Waals surface area contributed by atoms with Crippen LogP contribution in [0.2, 0.25) is 0 Å². The third-order valence-electron chi connectivity index (χ3n) is 6.70. The molecule has 216 valence electrons. The molecular formula is C20H34O17. The van der Waals surface area contributed by atoms with Gasteiger partial charge in [-0.1, -0.05) is 0 Å². The lowest BCUT2D eigenvalue weighted by Gasteiger charge is -2.44. The summed E-state index contributed by atoms with van der Waals surface area (Å²) in [6.45, 7) is -1.39. The number of aliphatic hydroxyl groups is 10. The number of aliphatic hydroxyl groups excluding tert-OH is 10. The van der Waals surface area contributed by atoms with Crippen molar-refractivity contribution in [1.29, 1.82) is 0 Å². The first-order valence-corrected chi connectivity index (χ1v) is 11.7. The molecule has 4 rings (SSSR count). The molecule has 37 heavy (non-hydrogen) atoms. The van der Waals surface area contributed by atoms with Crippen molar-refractivity contribution >= 4 is 0 Å². The molecule has 0 spiro atoms. The Morgan fingerprint density at radius 1 is 0.378 bits per heavy atom. The third kappa shape index (κ3) is 6.23. The van der Waals surface area contributed by atoms with Crippen LogP contribution in [-0.2, 0) is 33.2 Å². The lowest BCUT2D eigenvalue weighted by molar-refractivity contribution is -0.356. The van der Waals surface area contributed by atoms with Gasteiger partial charge in [0.1, 0.15) is 73.2 Å². The fraction of sp³-hybridized carbons (Fsp3) is 1.00. The maximum absolute atomic E-state index is 10.5. The van der Waals surface area contributed by atoms with E-state index in [0.717, 1.165) is 0 Å². The van der Waals surface area contributed by atoms with E-state index >= 15 is 0 Å². The number of ether oxygens (including phenoxy) is 7. The second-order valence-electron chi connectivity index (χ2n) is 9.34. The lowest BCUT2D eigenvalue weighted by atomic mass is 10.0. The maximum Gasteiger partial charge on any atom is 0.186 e. The van der Waals surface area contributed by atoms with Crippen LogP contribution in [0.3, 0.4) is 0 Å². The summed E-state index contributed by atoms with van der Waals surface area (Å²) in [4.78, 5) is 0. The fourth-order valence-corrected chi connectivity index (χ4v) is 4.33. The molecule has 0 amide bonds. The van der Waals surface area contributed by atoms with Crippen LogP contribution in [0.4, 0.5) is 0 Å². The summed E-state index contributed by atoms with van der Waals surface area (Å²) in [7, 11) is 0. The Morgan fingerprint density at radius 2 is 0.730 bits per heavy atom. The molecule has 0 unspecified atom stereocenters. The highest BCUT2D eigenvalue weighted by Crippen LogP contribution is 2.28. The van der Waals surface area contributed by atoms with Crippen LogP contribution < -0.4 is 0 Å². The molecule has 0 aromatic carbocycles. The Kier molecular flexibility index (Phi) is 9.69. The molecule has 16 atom stereocenters. The van der Waals surface area contributed by atoms with E-state index in [4.69, 9.17) is 33.2 Å². The van der Waals surface area contributed by atoms with Crippen LogP contribution in [0.15, 0.2) is 0 Å². The summed E-state index contributed by atoms with van der Waals surface area (Å²) in [5.41, 5.74) is 0. The number of rotatable bonds is 6. The van der Waals surface area contributed by atoms with Gasteiger partial charge in [-0.25, -0.2) is 0 Å². The van der Waals surface area contributed by atoms with Crippen molar-refractivity contribution in [3.63, 3.8) is 0 Å². The molecule has 17 nitrogen and oxygen atoms in total. The van der Waals surface area contributed by atoms with E-state index in [9.17, 15) is 51.1 Å². The number of hydrogen-bond acceptors (Lipinski definition) is 17. The van der Waals surface area contributed by atoms with Gasteiger partial charge < -0.3 is 84.2 Å². The molecule has 4 saturated heterocycles. The van der Waals surface area contributed by atoms with Gasteiger partial charge in [0.15, 0.2) is 25.2 Å². The largest absolute Gasteiger partial charge is 0.388 e. The molecule has 0 saturated carbocycles. The molecule has 4 aliphatic rings. The summed E-state index contributed by atoms with van der Waals surface area (Å²) in [6.07, 6.45) is -24.0. The van der Waals surface area contributed by atoms with Gasteiger partial charge in [0.25, 0.3) is 0 Å². The van der Waals surface area contributed by atoms with Gasteiger partial charge in [-0.05, 0) is 0 Å². The van der Waals surface area contributed by atoms with Crippen LogP contribution in [0.5, 0.6) is 0 Å². The Hall–Kier alpha value is -0.680. The summed E-state index contributed by atoms with van der Waals surface area (Å²) < 4.78 is 37.0. The van der Waals surface area contributed by atoms with Crippen molar-refractivity contribution < 1.29 is 84.2 Å². The molecule has 4 aliphatic heterocycles. The van der Waals surface area contributed by atoms with E-state index in [1.807, 2.05) is 0 Å². The first-order chi connectivity index (χ1) is 17.5. The highest BCUT2D eigenvalue weighted by molar-refractivity contribution is 4.91. The Labute approximate surface area is 209 Å². The molecular weight excluding hydrogens is 512 g/mol. The van der Waals surface area contributed by atoms with Crippen molar-refractivity contribution in [2.75, 3.05) is 26.4 Å². The lowest BCUT2D eigenvalue weighted by Crippen LogP contribution is -2.62. The minimum atomic E-state index is -1.71. The molecule has 0 aromatic heterocycles. The van der Waals surface area contributed by atoms with Gasteiger partial charge in [-0.3, -0.25) is 0 Å². The summed E-state index contributed by atoms with van der Waals surface area (Å²) >= 11 is 0. The predicted molar refractivity (Wildman–Crippen MR) is 110 cm³/mol. The van der Waals surface area contributed by atoms with E-state index in [2.05, 4.69) is 0 Å². The Morgan fingerprint density at radius 3 is 1.19 bits per heavy atom. The Balaban J connectivity index is 1.27. The highest BCUT2D eigenvalue weighted by atomic mass is 16.8. The standard InChI is InChI=1S/C20H34O17/c21-5-1-32-18(14(27)9(5)22)36-7-3-34-20(16(29)11(7)24)37-8-4-33-19(15(28)12(8)25)35-6-2-31-17(30)13(26)10(6)23/h5-30H,1-4H2/t5-,6-,7-,8-,9+,10+,11+,12+,13-,14-,15-,16-,17-,18+,19+,20+/m1/s1. The van der Waals surface area contributed by atoms with Crippen LogP contribution in [0, 0.1) is 0 Å². The van der Waals surface area contributed by atoms with Gasteiger partial charge in [0.05, 0.1) is 26.4 Å². The minimum Gasteiger partial charge on any atom is -0.388 e. The SMILES string of the molecule is O[C@@H]1[C@@H](O)[C@H](O[C@@H]2CO[C@@H](O[C@@H]3CO[C@@H](O[C@@H]4CO[C@@H](O)[C@H](O)[C@H]4O)[C@H](O)[C@H]3O)[C@H](O)[C@H]2O)OC[C@H]1O. The van der Waals surface area contributed by atoms with Crippen LogP contribution in [0.1, 0.15) is 0 Å². The zero-order chi connectivity index (χ0) is 27.0. The number of hydrogen-bond donors (Lipinski definition) is 10. The smallest absolute Gasteiger partial charge is 0.186 e. The fourth-order valence-electron chi connectivity index (χ4n) is 4.33. The van der Waals surface area contributed by atoms with Gasteiger partial charge in [-0.2, -0.15) is 0 Å². The first kappa shape index (κ1) is 29.3. The average molecular weight is 546 g/mol. The van der Waals surface area contributed by atoms with Gasteiger partial charge in [0, 0.05) is 0 Å². The molecule has 0 aromatic rings. The maximum atomic E-state index is 10.5. The second kappa shape index (κ2) is 12.2. The Bertz CT molecular complexity index is 673. The van der Waals surface area contributed by atoms with E-state index in [1.54, 1.807) is 0 Å². The summed E-state index contributed by atoms with van der Waals surface area (Å²) in [6, 6.07) is 0. The average Bonchev–Trinajstić information content (AvgIpc) is 2.88. The zero-order valence-electron chi connectivity index (χ0n) is 19.4. The molecule has 17 heteroatoms. The van der Waals surface area contributed by atoms with Crippen molar-refractivity contribution in [3.8, 4) is 0 Å². The first-order valence-electron chi connectivity index (χ1n) is 11.7. The van der Waals surface area contributed by atoms with Crippen molar-refractivity contribution in [2.45, 2.75) is 98.4 Å². The monoisotopic (exact) mass is 546 g/mol. The summed E-state index contributed by atoms with van der Waals surface area (Å²) in [5, 5.41) is 100. The third-order valence-corrected chi connectivity index (χ3v) is 6.70. The van der Waals surface area contributed by atoms with Crippen molar-refractivity contribution in [2.24, 2.45) is 0 Å². The zero-order valence-corrected chi connectivity index (χ0v) is 19.4. The molecule has 0 radical (unpaired) electrons.